The van der Waals surface area contributed by atoms with Crippen molar-refractivity contribution in [2.45, 2.75) is 16.7 Å². The Labute approximate surface area is 98.1 Å². The minimum absolute atomic E-state index is 0.0835. The first-order valence-electron chi connectivity index (χ1n) is 4.89. The summed E-state index contributed by atoms with van der Waals surface area (Å²) < 4.78 is 10.5. The van der Waals surface area contributed by atoms with Gasteiger partial charge in [-0.3, -0.25) is 0 Å². The van der Waals surface area contributed by atoms with E-state index in [2.05, 4.69) is 0 Å². The van der Waals surface area contributed by atoms with Crippen LogP contribution in [0.5, 0.6) is 0 Å². The molecule has 0 N–H and O–H groups in total. The minimum atomic E-state index is -0.746. The Hall–Kier alpha value is -0.280. The number of hydrogen-bond donors (Lipinski definition) is 0. The Morgan fingerprint density at radius 1 is 1.20 bits per heavy atom. The summed E-state index contributed by atoms with van der Waals surface area (Å²) >= 11 is 12.1. The van der Waals surface area contributed by atoms with Crippen molar-refractivity contribution in [3.63, 3.8) is 0 Å². The smallest absolute Gasteiger partial charge is 0.184 e. The first-order valence-corrected chi connectivity index (χ1v) is 5.65. The van der Waals surface area contributed by atoms with Gasteiger partial charge in [-0.25, -0.2) is 0 Å². The average molecular weight is 245 g/mol. The highest BCUT2D eigenvalue weighted by molar-refractivity contribution is 6.51. The van der Waals surface area contributed by atoms with Crippen LogP contribution in [0.1, 0.15) is 11.9 Å². The summed E-state index contributed by atoms with van der Waals surface area (Å²) in [5.74, 6) is 0.126. The van der Waals surface area contributed by atoms with Crippen molar-refractivity contribution >= 4 is 23.2 Å². The van der Waals surface area contributed by atoms with E-state index in [4.69, 9.17) is 32.7 Å². The molecule has 2 nitrogen and oxygen atoms in total. The zero-order valence-electron chi connectivity index (χ0n) is 7.90. The third-order valence-electron chi connectivity index (χ3n) is 2.90. The highest BCUT2D eigenvalue weighted by atomic mass is 35.5. The van der Waals surface area contributed by atoms with Gasteiger partial charge in [0.05, 0.1) is 6.61 Å². The summed E-state index contributed by atoms with van der Waals surface area (Å²) in [6.07, 6.45) is -0.411. The number of benzene rings is 1. The molecule has 2 aliphatic rings. The zero-order chi connectivity index (χ0) is 10.5. The average Bonchev–Trinajstić information content (AvgIpc) is 2.83. The highest BCUT2D eigenvalue weighted by Gasteiger charge is 2.67. The number of alkyl halides is 2. The van der Waals surface area contributed by atoms with E-state index >= 15 is 0 Å². The second-order valence-electron chi connectivity index (χ2n) is 3.91. The molecule has 15 heavy (non-hydrogen) atoms. The molecule has 0 amide bonds. The highest BCUT2D eigenvalue weighted by Crippen LogP contribution is 2.59. The van der Waals surface area contributed by atoms with Crippen LogP contribution in [0.3, 0.4) is 0 Å². The van der Waals surface area contributed by atoms with E-state index in [1.54, 1.807) is 0 Å². The van der Waals surface area contributed by atoms with Crippen LogP contribution in [0, 0.1) is 5.92 Å². The minimum Gasteiger partial charge on any atom is -0.348 e. The van der Waals surface area contributed by atoms with Crippen LogP contribution >= 0.6 is 23.2 Å². The standard InChI is InChI=1S/C11H10Cl2O2/c12-11(13)8-6-14-10(15-9(8)11)7-4-2-1-3-5-7/h1-5,8-10H,6H2. The molecular formula is C11H10Cl2O2. The zero-order valence-corrected chi connectivity index (χ0v) is 9.41. The number of ether oxygens (including phenoxy) is 2. The SMILES string of the molecule is ClC1(Cl)C2COC(c3ccccc3)OC21. The summed E-state index contributed by atoms with van der Waals surface area (Å²) in [5.41, 5.74) is 1.01. The molecule has 0 aromatic heterocycles. The normalized spacial score (nSPS) is 37.1. The fourth-order valence-electron chi connectivity index (χ4n) is 1.89. The van der Waals surface area contributed by atoms with Crippen LogP contribution in [-0.2, 0) is 9.47 Å². The van der Waals surface area contributed by atoms with Gasteiger partial charge in [0.1, 0.15) is 6.10 Å². The molecule has 1 aliphatic heterocycles. The van der Waals surface area contributed by atoms with Crippen molar-refractivity contribution in [3.8, 4) is 0 Å². The molecule has 1 saturated carbocycles. The van der Waals surface area contributed by atoms with E-state index in [0.717, 1.165) is 5.56 Å². The van der Waals surface area contributed by atoms with Crippen LogP contribution in [0.4, 0.5) is 0 Å². The fraction of sp³-hybridized carbons (Fsp3) is 0.455. The molecular weight excluding hydrogens is 235 g/mol. The lowest BCUT2D eigenvalue weighted by Gasteiger charge is -2.22. The lowest BCUT2D eigenvalue weighted by atomic mass is 10.2. The van der Waals surface area contributed by atoms with E-state index in [0.29, 0.717) is 6.61 Å². The topological polar surface area (TPSA) is 18.5 Å². The predicted molar refractivity (Wildman–Crippen MR) is 57.9 cm³/mol. The summed E-state index contributed by atoms with van der Waals surface area (Å²) in [6, 6.07) is 9.81. The van der Waals surface area contributed by atoms with Gasteiger partial charge >= 0.3 is 0 Å². The second-order valence-corrected chi connectivity index (χ2v) is 5.36. The number of halogens is 2. The fourth-order valence-corrected chi connectivity index (χ4v) is 2.53. The van der Waals surface area contributed by atoms with Gasteiger partial charge in [-0.15, -0.1) is 0 Å². The molecule has 1 heterocycles. The van der Waals surface area contributed by atoms with Gasteiger partial charge in [0.15, 0.2) is 10.6 Å². The van der Waals surface area contributed by atoms with Gasteiger partial charge in [-0.2, -0.15) is 0 Å². The summed E-state index contributed by atoms with van der Waals surface area (Å²) in [5, 5.41) is 0. The molecule has 80 valence electrons. The summed E-state index contributed by atoms with van der Waals surface area (Å²) in [6.45, 7) is 0.567. The third-order valence-corrected chi connectivity index (χ3v) is 3.89. The van der Waals surface area contributed by atoms with Gasteiger partial charge in [-0.1, -0.05) is 53.5 Å². The number of hydrogen-bond acceptors (Lipinski definition) is 2. The molecule has 0 spiro atoms. The van der Waals surface area contributed by atoms with Crippen LogP contribution in [0.2, 0.25) is 0 Å². The Morgan fingerprint density at radius 2 is 1.93 bits per heavy atom. The number of rotatable bonds is 1. The molecule has 1 aromatic carbocycles. The van der Waals surface area contributed by atoms with Gasteiger partial charge in [0, 0.05) is 11.5 Å². The summed E-state index contributed by atoms with van der Waals surface area (Å²) in [4.78, 5) is 0. The second kappa shape index (κ2) is 3.36. The molecule has 1 saturated heterocycles. The lowest BCUT2D eigenvalue weighted by Crippen LogP contribution is -2.19. The van der Waals surface area contributed by atoms with Crippen molar-refractivity contribution in [3.05, 3.63) is 35.9 Å². The predicted octanol–water partition coefficient (Wildman–Crippen LogP) is 2.90. The molecule has 3 atom stereocenters. The summed E-state index contributed by atoms with van der Waals surface area (Å²) in [7, 11) is 0. The van der Waals surface area contributed by atoms with E-state index in [1.165, 1.54) is 0 Å². The maximum absolute atomic E-state index is 6.03. The molecule has 0 radical (unpaired) electrons. The maximum Gasteiger partial charge on any atom is 0.184 e. The van der Waals surface area contributed by atoms with Crippen LogP contribution in [-0.4, -0.2) is 17.0 Å². The molecule has 1 aromatic rings. The molecule has 4 heteroatoms. The van der Waals surface area contributed by atoms with Gasteiger partial charge in [0.2, 0.25) is 0 Å². The maximum atomic E-state index is 6.03. The first kappa shape index (κ1) is 9.91. The molecule has 0 bridgehead atoms. The van der Waals surface area contributed by atoms with Crippen LogP contribution in [0.25, 0.3) is 0 Å². The Balaban J connectivity index is 1.76. The van der Waals surface area contributed by atoms with Crippen LogP contribution < -0.4 is 0 Å². The van der Waals surface area contributed by atoms with E-state index in [9.17, 15) is 0 Å². The van der Waals surface area contributed by atoms with Gasteiger partial charge < -0.3 is 9.47 Å². The molecule has 2 fully saturated rings. The lowest BCUT2D eigenvalue weighted by molar-refractivity contribution is -0.188. The van der Waals surface area contributed by atoms with Gasteiger partial charge in [-0.05, 0) is 0 Å². The Kier molecular flexibility index (Phi) is 2.22. The first-order chi connectivity index (χ1) is 7.19. The largest absolute Gasteiger partial charge is 0.348 e. The van der Waals surface area contributed by atoms with Gasteiger partial charge in [0.25, 0.3) is 0 Å². The van der Waals surface area contributed by atoms with E-state index in [-0.39, 0.29) is 18.3 Å². The quantitative estimate of drug-likeness (QED) is 0.708. The Bertz CT molecular complexity index is 366. The van der Waals surface area contributed by atoms with Crippen LogP contribution in [0.15, 0.2) is 30.3 Å². The van der Waals surface area contributed by atoms with Crippen molar-refractivity contribution in [1.82, 2.24) is 0 Å². The third kappa shape index (κ3) is 1.56. The molecule has 3 rings (SSSR count). The Morgan fingerprint density at radius 3 is 2.60 bits per heavy atom. The van der Waals surface area contributed by atoms with Crippen molar-refractivity contribution in [1.29, 1.82) is 0 Å². The molecule has 3 unspecified atom stereocenters. The molecule has 1 aliphatic carbocycles. The van der Waals surface area contributed by atoms with E-state index in [1.807, 2.05) is 30.3 Å². The number of fused-ring (bicyclic) bond motifs is 1. The monoisotopic (exact) mass is 244 g/mol. The van der Waals surface area contributed by atoms with Crippen molar-refractivity contribution in [2.24, 2.45) is 5.92 Å². The van der Waals surface area contributed by atoms with E-state index < -0.39 is 4.33 Å². The van der Waals surface area contributed by atoms with Crippen molar-refractivity contribution < 1.29 is 9.47 Å². The van der Waals surface area contributed by atoms with Crippen molar-refractivity contribution in [2.75, 3.05) is 6.61 Å².